The molecule has 2 amide bonds. The fourth-order valence-corrected chi connectivity index (χ4v) is 2.16. The largest absolute Gasteiger partial charge is 0.329 e. The molecule has 2 rings (SSSR count). The Hall–Kier alpha value is -1.62. The first-order valence-electron chi connectivity index (χ1n) is 6.17. The standard InChI is InChI=1S/C13H18FN3O/c1-15-7-4-8-17-9-12(16-13(17)18)10-5-2-3-6-11(10)14/h2-3,5-6,12,15H,4,7-9H2,1H3,(H,16,18). The van der Waals surface area contributed by atoms with Gasteiger partial charge in [-0.3, -0.25) is 0 Å². The molecule has 1 aliphatic heterocycles. The second-order valence-corrected chi connectivity index (χ2v) is 4.43. The topological polar surface area (TPSA) is 44.4 Å². The smallest absolute Gasteiger partial charge is 0.318 e. The fraction of sp³-hybridized carbons (Fsp3) is 0.462. The van der Waals surface area contributed by atoms with Crippen LogP contribution in [-0.4, -0.2) is 37.6 Å². The molecule has 5 heteroatoms. The second kappa shape index (κ2) is 5.82. The van der Waals surface area contributed by atoms with Crippen molar-refractivity contribution >= 4 is 6.03 Å². The zero-order chi connectivity index (χ0) is 13.0. The number of halogens is 1. The fourth-order valence-electron chi connectivity index (χ4n) is 2.16. The summed E-state index contributed by atoms with van der Waals surface area (Å²) >= 11 is 0. The Balaban J connectivity index is 1.98. The van der Waals surface area contributed by atoms with Crippen LogP contribution >= 0.6 is 0 Å². The molecule has 4 nitrogen and oxygen atoms in total. The lowest BCUT2D eigenvalue weighted by atomic mass is 10.1. The Morgan fingerprint density at radius 3 is 3.00 bits per heavy atom. The quantitative estimate of drug-likeness (QED) is 0.779. The van der Waals surface area contributed by atoms with Gasteiger partial charge in [-0.15, -0.1) is 0 Å². The van der Waals surface area contributed by atoms with Crippen LogP contribution < -0.4 is 10.6 Å². The van der Waals surface area contributed by atoms with Gasteiger partial charge in [0.05, 0.1) is 6.04 Å². The first-order valence-corrected chi connectivity index (χ1v) is 6.17. The minimum atomic E-state index is -0.264. The predicted octanol–water partition coefficient (Wildman–Crippen LogP) is 1.50. The predicted molar refractivity (Wildman–Crippen MR) is 67.8 cm³/mol. The molecule has 1 aromatic rings. The first kappa shape index (κ1) is 12.8. The lowest BCUT2D eigenvalue weighted by Gasteiger charge is -2.14. The summed E-state index contributed by atoms with van der Waals surface area (Å²) < 4.78 is 13.6. The highest BCUT2D eigenvalue weighted by Gasteiger charge is 2.30. The highest BCUT2D eigenvalue weighted by atomic mass is 19.1. The van der Waals surface area contributed by atoms with E-state index in [2.05, 4.69) is 10.6 Å². The van der Waals surface area contributed by atoms with Crippen LogP contribution in [-0.2, 0) is 0 Å². The maximum absolute atomic E-state index is 13.6. The van der Waals surface area contributed by atoms with Crippen LogP contribution in [0.25, 0.3) is 0 Å². The molecule has 1 heterocycles. The van der Waals surface area contributed by atoms with Gasteiger partial charge in [-0.25, -0.2) is 9.18 Å². The molecule has 0 spiro atoms. The molecule has 98 valence electrons. The molecule has 1 saturated heterocycles. The lowest BCUT2D eigenvalue weighted by molar-refractivity contribution is 0.217. The van der Waals surface area contributed by atoms with Crippen LogP contribution in [0.4, 0.5) is 9.18 Å². The number of hydrogen-bond donors (Lipinski definition) is 2. The molecule has 18 heavy (non-hydrogen) atoms. The summed E-state index contributed by atoms with van der Waals surface area (Å²) in [6.45, 7) is 2.09. The van der Waals surface area contributed by atoms with Crippen molar-refractivity contribution in [3.63, 3.8) is 0 Å². The van der Waals surface area contributed by atoms with Gasteiger partial charge in [-0.2, -0.15) is 0 Å². The van der Waals surface area contributed by atoms with Gasteiger partial charge < -0.3 is 15.5 Å². The normalized spacial score (nSPS) is 19.1. The summed E-state index contributed by atoms with van der Waals surface area (Å²) in [6, 6.07) is 6.23. The molecular formula is C13H18FN3O. The molecule has 1 fully saturated rings. The minimum Gasteiger partial charge on any atom is -0.329 e. The maximum atomic E-state index is 13.6. The number of carbonyl (C=O) groups excluding carboxylic acids is 1. The van der Waals surface area contributed by atoms with E-state index in [0.717, 1.165) is 13.0 Å². The van der Waals surface area contributed by atoms with Crippen molar-refractivity contribution in [2.75, 3.05) is 26.7 Å². The monoisotopic (exact) mass is 251 g/mol. The van der Waals surface area contributed by atoms with Crippen molar-refractivity contribution in [2.24, 2.45) is 0 Å². The van der Waals surface area contributed by atoms with Gasteiger partial charge in [-0.1, -0.05) is 18.2 Å². The Bertz CT molecular complexity index is 424. The molecule has 2 N–H and O–H groups in total. The van der Waals surface area contributed by atoms with Crippen molar-refractivity contribution in [3.8, 4) is 0 Å². The number of amides is 2. The van der Waals surface area contributed by atoms with E-state index in [4.69, 9.17) is 0 Å². The zero-order valence-corrected chi connectivity index (χ0v) is 10.4. The van der Waals surface area contributed by atoms with E-state index >= 15 is 0 Å². The minimum absolute atomic E-state index is 0.112. The summed E-state index contributed by atoms with van der Waals surface area (Å²) in [5, 5.41) is 5.85. The van der Waals surface area contributed by atoms with Crippen LogP contribution in [0.1, 0.15) is 18.0 Å². The van der Waals surface area contributed by atoms with Gasteiger partial charge in [0.25, 0.3) is 0 Å². The molecule has 0 aromatic heterocycles. The van der Waals surface area contributed by atoms with E-state index in [0.29, 0.717) is 18.7 Å². The number of urea groups is 1. The SMILES string of the molecule is CNCCCN1CC(c2ccccc2F)NC1=O. The van der Waals surface area contributed by atoms with Crippen LogP contribution in [0, 0.1) is 5.82 Å². The van der Waals surface area contributed by atoms with Gasteiger partial charge in [-0.05, 0) is 26.1 Å². The highest BCUT2D eigenvalue weighted by molar-refractivity contribution is 5.77. The first-order chi connectivity index (χ1) is 8.72. The van der Waals surface area contributed by atoms with Crippen molar-refractivity contribution in [2.45, 2.75) is 12.5 Å². The molecule has 0 saturated carbocycles. The van der Waals surface area contributed by atoms with E-state index in [9.17, 15) is 9.18 Å². The van der Waals surface area contributed by atoms with Crippen molar-refractivity contribution in [1.82, 2.24) is 15.5 Å². The summed E-state index contributed by atoms with van der Waals surface area (Å²) in [4.78, 5) is 13.5. The summed E-state index contributed by atoms with van der Waals surface area (Å²) in [7, 11) is 1.88. The van der Waals surface area contributed by atoms with Crippen LogP contribution in [0.15, 0.2) is 24.3 Å². The summed E-state index contributed by atoms with van der Waals surface area (Å²) in [5.41, 5.74) is 0.557. The zero-order valence-electron chi connectivity index (χ0n) is 10.4. The number of hydrogen-bond acceptors (Lipinski definition) is 2. The second-order valence-electron chi connectivity index (χ2n) is 4.43. The van der Waals surface area contributed by atoms with E-state index < -0.39 is 0 Å². The van der Waals surface area contributed by atoms with Gasteiger partial charge >= 0.3 is 6.03 Å². The lowest BCUT2D eigenvalue weighted by Crippen LogP contribution is -2.30. The van der Waals surface area contributed by atoms with E-state index in [-0.39, 0.29) is 17.9 Å². The van der Waals surface area contributed by atoms with Gasteiger partial charge in [0.2, 0.25) is 0 Å². The molecule has 1 unspecified atom stereocenters. The van der Waals surface area contributed by atoms with E-state index in [1.54, 1.807) is 23.1 Å². The molecule has 0 bridgehead atoms. The molecule has 1 aliphatic rings. The number of benzene rings is 1. The maximum Gasteiger partial charge on any atom is 0.318 e. The van der Waals surface area contributed by atoms with Crippen LogP contribution in [0.2, 0.25) is 0 Å². The Kier molecular flexibility index (Phi) is 4.15. The Morgan fingerprint density at radius 1 is 1.50 bits per heavy atom. The van der Waals surface area contributed by atoms with Crippen molar-refractivity contribution < 1.29 is 9.18 Å². The van der Waals surface area contributed by atoms with E-state index in [1.165, 1.54) is 6.07 Å². The summed E-state index contributed by atoms with van der Waals surface area (Å²) in [5.74, 6) is -0.264. The average molecular weight is 251 g/mol. The van der Waals surface area contributed by atoms with Gasteiger partial charge in [0.1, 0.15) is 5.82 Å². The summed E-state index contributed by atoms with van der Waals surface area (Å²) in [6.07, 6.45) is 0.897. The Labute approximate surface area is 106 Å². The van der Waals surface area contributed by atoms with E-state index in [1.807, 2.05) is 7.05 Å². The average Bonchev–Trinajstić information content (AvgIpc) is 2.72. The van der Waals surface area contributed by atoms with Crippen molar-refractivity contribution in [3.05, 3.63) is 35.6 Å². The molecule has 0 radical (unpaired) electrons. The Morgan fingerprint density at radius 2 is 2.28 bits per heavy atom. The molecule has 0 aliphatic carbocycles. The number of carbonyl (C=O) groups is 1. The van der Waals surface area contributed by atoms with Crippen molar-refractivity contribution in [1.29, 1.82) is 0 Å². The highest BCUT2D eigenvalue weighted by Crippen LogP contribution is 2.22. The number of rotatable bonds is 5. The van der Waals surface area contributed by atoms with Gasteiger partial charge in [0, 0.05) is 18.7 Å². The van der Waals surface area contributed by atoms with Crippen LogP contribution in [0.5, 0.6) is 0 Å². The number of nitrogens with zero attached hydrogens (tertiary/aromatic N) is 1. The molecule has 1 atom stereocenters. The third-order valence-corrected chi connectivity index (χ3v) is 3.12. The van der Waals surface area contributed by atoms with Crippen LogP contribution in [0.3, 0.4) is 0 Å². The third kappa shape index (κ3) is 2.79. The third-order valence-electron chi connectivity index (χ3n) is 3.12. The number of nitrogens with one attached hydrogen (secondary N) is 2. The molecular weight excluding hydrogens is 233 g/mol. The van der Waals surface area contributed by atoms with Gasteiger partial charge in [0.15, 0.2) is 0 Å². The molecule has 1 aromatic carbocycles.